The molecule has 0 aliphatic heterocycles. The molecule has 1 aromatic rings. The lowest BCUT2D eigenvalue weighted by molar-refractivity contribution is -0.194. The van der Waals surface area contributed by atoms with E-state index in [1.165, 1.54) is 0 Å². The molecule has 0 saturated carbocycles. The Hall–Kier alpha value is -2.62. The van der Waals surface area contributed by atoms with Crippen LogP contribution >= 0.6 is 0 Å². The van der Waals surface area contributed by atoms with Gasteiger partial charge in [-0.2, -0.15) is 0 Å². The van der Waals surface area contributed by atoms with Gasteiger partial charge in [0, 0.05) is 18.5 Å². The molecule has 1 heterocycles. The molecule has 0 spiro atoms. The molecule has 0 bridgehead atoms. The number of nitrogens with zero attached hydrogens (tertiary/aromatic N) is 1. The van der Waals surface area contributed by atoms with Crippen molar-refractivity contribution in [2.24, 2.45) is 0 Å². The van der Waals surface area contributed by atoms with E-state index in [4.69, 9.17) is 23.5 Å². The van der Waals surface area contributed by atoms with Crippen LogP contribution in [0.25, 0.3) is 0 Å². The summed E-state index contributed by atoms with van der Waals surface area (Å²) in [6, 6.07) is 0. The molecular weight excluding hydrogens is 408 g/mol. The standard InChI is InChI=1S/C21H34N2O8/c1-8-27-17(24)21(18(25)28-9-2,29-13-16-14(3)15(4)31-23-16)11-10-12-22-19(26)30-20(5,6)7/h8-13H2,1-7H3,(H,22,26). The third-order valence-corrected chi connectivity index (χ3v) is 4.29. The van der Waals surface area contributed by atoms with E-state index in [0.29, 0.717) is 11.5 Å². The summed E-state index contributed by atoms with van der Waals surface area (Å²) in [5.41, 5.74) is -1.42. The second kappa shape index (κ2) is 11.7. The van der Waals surface area contributed by atoms with Crippen LogP contribution in [0.2, 0.25) is 0 Å². The fourth-order valence-electron chi connectivity index (χ4n) is 2.60. The van der Waals surface area contributed by atoms with E-state index in [9.17, 15) is 14.4 Å². The zero-order valence-electron chi connectivity index (χ0n) is 19.5. The zero-order valence-corrected chi connectivity index (χ0v) is 19.5. The van der Waals surface area contributed by atoms with Crippen molar-refractivity contribution in [2.75, 3.05) is 19.8 Å². The first kappa shape index (κ1) is 26.4. The summed E-state index contributed by atoms with van der Waals surface area (Å²) in [6.45, 7) is 12.2. The van der Waals surface area contributed by atoms with Crippen molar-refractivity contribution in [2.45, 2.75) is 79.1 Å². The van der Waals surface area contributed by atoms with Crippen molar-refractivity contribution in [3.05, 3.63) is 17.0 Å². The number of aromatic nitrogens is 1. The highest BCUT2D eigenvalue weighted by atomic mass is 16.6. The molecule has 1 amide bonds. The van der Waals surface area contributed by atoms with Crippen molar-refractivity contribution in [1.29, 1.82) is 0 Å². The molecule has 0 radical (unpaired) electrons. The van der Waals surface area contributed by atoms with E-state index in [2.05, 4.69) is 10.5 Å². The lowest BCUT2D eigenvalue weighted by atomic mass is 9.97. The Kier molecular flexibility index (Phi) is 9.96. The predicted octanol–water partition coefficient (Wildman–Crippen LogP) is 2.98. The predicted molar refractivity (Wildman–Crippen MR) is 110 cm³/mol. The number of rotatable bonds is 11. The Morgan fingerprint density at radius 1 is 1.03 bits per heavy atom. The maximum Gasteiger partial charge on any atom is 0.407 e. The molecule has 1 rings (SSSR count). The first-order valence-electron chi connectivity index (χ1n) is 10.3. The Balaban J connectivity index is 2.97. The molecule has 0 unspecified atom stereocenters. The van der Waals surface area contributed by atoms with Gasteiger partial charge in [-0.3, -0.25) is 0 Å². The maximum absolute atomic E-state index is 12.8. The topological polar surface area (TPSA) is 126 Å². The number of esters is 2. The van der Waals surface area contributed by atoms with E-state index in [1.807, 2.05) is 0 Å². The number of nitrogens with one attached hydrogen (secondary N) is 1. The molecule has 1 N–H and O–H groups in total. The number of carbonyl (C=O) groups excluding carboxylic acids is 3. The number of hydrogen-bond acceptors (Lipinski definition) is 9. The van der Waals surface area contributed by atoms with Gasteiger partial charge in [0.05, 0.1) is 19.8 Å². The van der Waals surface area contributed by atoms with Gasteiger partial charge in [0.15, 0.2) is 0 Å². The summed E-state index contributed by atoms with van der Waals surface area (Å²) >= 11 is 0. The third-order valence-electron chi connectivity index (χ3n) is 4.29. The molecule has 0 aliphatic carbocycles. The minimum absolute atomic E-state index is 0.0571. The van der Waals surface area contributed by atoms with E-state index >= 15 is 0 Å². The van der Waals surface area contributed by atoms with Gasteiger partial charge >= 0.3 is 18.0 Å². The zero-order chi connectivity index (χ0) is 23.7. The Bertz CT molecular complexity index is 733. The van der Waals surface area contributed by atoms with Crippen LogP contribution in [0.15, 0.2) is 4.52 Å². The highest BCUT2D eigenvalue weighted by molar-refractivity contribution is 6.03. The van der Waals surface area contributed by atoms with Crippen molar-refractivity contribution in [1.82, 2.24) is 10.5 Å². The van der Waals surface area contributed by atoms with Crippen LogP contribution in [0.3, 0.4) is 0 Å². The molecule has 0 saturated heterocycles. The van der Waals surface area contributed by atoms with Crippen molar-refractivity contribution < 1.29 is 37.9 Å². The smallest absolute Gasteiger partial charge is 0.407 e. The molecule has 10 heteroatoms. The average Bonchev–Trinajstić information content (AvgIpc) is 2.98. The Morgan fingerprint density at radius 2 is 1.61 bits per heavy atom. The van der Waals surface area contributed by atoms with E-state index in [1.54, 1.807) is 48.5 Å². The fourth-order valence-corrected chi connectivity index (χ4v) is 2.60. The largest absolute Gasteiger partial charge is 0.463 e. The highest BCUT2D eigenvalue weighted by Crippen LogP contribution is 2.26. The summed E-state index contributed by atoms with van der Waals surface area (Å²) in [6.07, 6.45) is -0.440. The maximum atomic E-state index is 12.8. The van der Waals surface area contributed by atoms with Crippen LogP contribution in [0, 0.1) is 13.8 Å². The van der Waals surface area contributed by atoms with Gasteiger partial charge in [-0.15, -0.1) is 0 Å². The first-order valence-corrected chi connectivity index (χ1v) is 10.3. The number of hydrogen-bond donors (Lipinski definition) is 1. The number of aryl methyl sites for hydroxylation is 1. The van der Waals surface area contributed by atoms with Crippen LogP contribution in [-0.4, -0.2) is 54.1 Å². The van der Waals surface area contributed by atoms with Gasteiger partial charge in [-0.1, -0.05) is 5.16 Å². The van der Waals surface area contributed by atoms with Gasteiger partial charge in [-0.25, -0.2) is 14.4 Å². The van der Waals surface area contributed by atoms with Gasteiger partial charge in [0.2, 0.25) is 0 Å². The second-order valence-corrected chi connectivity index (χ2v) is 7.90. The summed E-state index contributed by atoms with van der Waals surface area (Å²) in [5.74, 6) is -1.11. The second-order valence-electron chi connectivity index (χ2n) is 7.90. The van der Waals surface area contributed by atoms with Gasteiger partial charge in [0.1, 0.15) is 17.1 Å². The molecule has 1 aromatic heterocycles. The van der Waals surface area contributed by atoms with E-state index < -0.39 is 29.2 Å². The monoisotopic (exact) mass is 442 g/mol. The van der Waals surface area contributed by atoms with Crippen LogP contribution in [0.4, 0.5) is 4.79 Å². The van der Waals surface area contributed by atoms with Gasteiger partial charge in [0.25, 0.3) is 5.60 Å². The Morgan fingerprint density at radius 3 is 2.06 bits per heavy atom. The summed E-state index contributed by atoms with van der Waals surface area (Å²) in [5, 5.41) is 6.50. The SMILES string of the molecule is CCOC(=O)C(CCCNC(=O)OC(C)(C)C)(OCc1noc(C)c1C)C(=O)OCC. The highest BCUT2D eigenvalue weighted by Gasteiger charge is 2.50. The van der Waals surface area contributed by atoms with Crippen LogP contribution < -0.4 is 5.32 Å². The summed E-state index contributed by atoms with van der Waals surface area (Å²) in [7, 11) is 0. The van der Waals surface area contributed by atoms with E-state index in [0.717, 1.165) is 5.56 Å². The number of carbonyl (C=O) groups is 3. The molecule has 31 heavy (non-hydrogen) atoms. The van der Waals surface area contributed by atoms with E-state index in [-0.39, 0.29) is 39.2 Å². The summed E-state index contributed by atoms with van der Waals surface area (Å²) < 4.78 is 26.4. The lowest BCUT2D eigenvalue weighted by Crippen LogP contribution is -2.51. The van der Waals surface area contributed by atoms with Crippen molar-refractivity contribution in [3.8, 4) is 0 Å². The molecule has 176 valence electrons. The average molecular weight is 443 g/mol. The number of amides is 1. The minimum Gasteiger partial charge on any atom is -0.463 e. The third kappa shape index (κ3) is 7.86. The van der Waals surface area contributed by atoms with Crippen molar-refractivity contribution >= 4 is 18.0 Å². The molecule has 0 aromatic carbocycles. The minimum atomic E-state index is -2.00. The Labute approximate surface area is 182 Å². The van der Waals surface area contributed by atoms with Crippen LogP contribution in [0.1, 0.15) is 64.5 Å². The quantitative estimate of drug-likeness (QED) is 0.238. The molecular formula is C21H34N2O8. The van der Waals surface area contributed by atoms with Gasteiger partial charge < -0.3 is 28.8 Å². The molecule has 0 fully saturated rings. The lowest BCUT2D eigenvalue weighted by Gasteiger charge is -2.29. The van der Waals surface area contributed by atoms with Gasteiger partial charge in [-0.05, 0) is 54.9 Å². The molecule has 0 atom stereocenters. The van der Waals surface area contributed by atoms with Crippen LogP contribution in [0.5, 0.6) is 0 Å². The molecule has 10 nitrogen and oxygen atoms in total. The summed E-state index contributed by atoms with van der Waals surface area (Å²) in [4.78, 5) is 37.4. The van der Waals surface area contributed by atoms with Crippen LogP contribution in [-0.2, 0) is 35.1 Å². The normalized spacial score (nSPS) is 11.7. The van der Waals surface area contributed by atoms with Crippen molar-refractivity contribution in [3.63, 3.8) is 0 Å². The first-order chi connectivity index (χ1) is 14.5. The number of alkyl carbamates (subject to hydrolysis) is 1. The fraction of sp³-hybridized carbons (Fsp3) is 0.714. The molecule has 0 aliphatic rings. The number of ether oxygens (including phenoxy) is 4.